The van der Waals surface area contributed by atoms with Crippen molar-refractivity contribution >= 4 is 0 Å². The third kappa shape index (κ3) is 11.2. The summed E-state index contributed by atoms with van der Waals surface area (Å²) in [5, 5.41) is 10.3. The summed E-state index contributed by atoms with van der Waals surface area (Å²) in [5.74, 6) is 0.0718. The van der Waals surface area contributed by atoms with E-state index in [1.165, 1.54) is 12.1 Å². The summed E-state index contributed by atoms with van der Waals surface area (Å²) in [4.78, 5) is 0. The first-order chi connectivity index (χ1) is 3.39. The van der Waals surface area contributed by atoms with Gasteiger partial charge in [0.15, 0.2) is 0 Å². The molecule has 0 aliphatic rings. The van der Waals surface area contributed by atoms with Crippen molar-refractivity contribution in [2.24, 2.45) is 0 Å². The van der Waals surface area contributed by atoms with Crippen molar-refractivity contribution in [3.63, 3.8) is 0 Å². The molecule has 5 heteroatoms. The molecule has 0 bridgehead atoms. The van der Waals surface area contributed by atoms with E-state index in [1.807, 2.05) is 6.07 Å². The van der Waals surface area contributed by atoms with Crippen LogP contribution >= 0.6 is 0 Å². The molecule has 0 aliphatic carbocycles. The Morgan fingerprint density at radius 2 is 1.18 bits per heavy atom. The average molecular weight is 381 g/mol. The first-order valence-corrected chi connectivity index (χ1v) is 2.11. The van der Waals surface area contributed by atoms with Crippen molar-refractivity contribution in [3.8, 4) is 5.75 Å². The number of rotatable bonds is 0. The standard InChI is InChI=1S/C6H6O.3BrH.Ti/c7-6-4-2-1-3-5-6;;;;/h1-5,7H;3*1H;/q;;;;+4/p-4. The summed E-state index contributed by atoms with van der Waals surface area (Å²) in [5.41, 5.74) is 0. The van der Waals surface area contributed by atoms with E-state index >= 15 is 0 Å². The van der Waals surface area contributed by atoms with E-state index in [2.05, 4.69) is 0 Å². The van der Waals surface area contributed by atoms with Gasteiger partial charge in [-0.2, -0.15) is 0 Å². The van der Waals surface area contributed by atoms with Crippen molar-refractivity contribution in [1.29, 1.82) is 0 Å². The van der Waals surface area contributed by atoms with Crippen LogP contribution in [0.1, 0.15) is 0 Å². The monoisotopic (exact) mass is 378 g/mol. The number of hydrogen-bond donors (Lipinski definition) is 0. The van der Waals surface area contributed by atoms with Gasteiger partial charge in [-0.25, -0.2) is 0 Å². The van der Waals surface area contributed by atoms with E-state index in [0.29, 0.717) is 0 Å². The van der Waals surface area contributed by atoms with Crippen molar-refractivity contribution < 1.29 is 77.8 Å². The second kappa shape index (κ2) is 13.7. The van der Waals surface area contributed by atoms with E-state index < -0.39 is 0 Å². The van der Waals surface area contributed by atoms with Gasteiger partial charge in [0.1, 0.15) is 0 Å². The number of benzene rings is 1. The first-order valence-electron chi connectivity index (χ1n) is 2.11. The fourth-order valence-corrected chi connectivity index (χ4v) is 0.420. The molecule has 1 nitrogen and oxygen atoms in total. The molecule has 0 spiro atoms. The Kier molecular flexibility index (Phi) is 28.4. The predicted molar refractivity (Wildman–Crippen MR) is 25.9 cm³/mol. The molecule has 60 valence electrons. The van der Waals surface area contributed by atoms with Crippen LogP contribution in [0.4, 0.5) is 0 Å². The summed E-state index contributed by atoms with van der Waals surface area (Å²) < 4.78 is 0. The van der Waals surface area contributed by atoms with Gasteiger partial charge in [-0.1, -0.05) is 30.3 Å². The summed E-state index contributed by atoms with van der Waals surface area (Å²) in [6.07, 6.45) is 0. The molecule has 0 unspecified atom stereocenters. The zero-order chi connectivity index (χ0) is 5.11. The zero-order valence-electron chi connectivity index (χ0n) is 5.43. The normalized spacial score (nSPS) is 5.45. The molecule has 0 fully saturated rings. The summed E-state index contributed by atoms with van der Waals surface area (Å²) >= 11 is 0. The van der Waals surface area contributed by atoms with Gasteiger partial charge in [0.05, 0.1) is 0 Å². The van der Waals surface area contributed by atoms with Gasteiger partial charge in [-0.3, -0.25) is 0 Å². The largest absolute Gasteiger partial charge is 4.00 e. The van der Waals surface area contributed by atoms with Crippen molar-refractivity contribution in [3.05, 3.63) is 30.3 Å². The molecule has 0 amide bonds. The Labute approximate surface area is 113 Å². The fraction of sp³-hybridized carbons (Fsp3) is 0. The van der Waals surface area contributed by atoms with Crippen LogP contribution in [-0.2, 0) is 21.7 Å². The van der Waals surface area contributed by atoms with Gasteiger partial charge in [-0.15, -0.1) is 5.75 Å². The van der Waals surface area contributed by atoms with Gasteiger partial charge in [-0.05, 0) is 0 Å². The molecular weight excluding hydrogens is 376 g/mol. The van der Waals surface area contributed by atoms with Gasteiger partial charge in [0.25, 0.3) is 0 Å². The van der Waals surface area contributed by atoms with Crippen LogP contribution in [-0.4, -0.2) is 0 Å². The minimum Gasteiger partial charge on any atom is -1.00 e. The van der Waals surface area contributed by atoms with Crippen LogP contribution in [0, 0.1) is 0 Å². The van der Waals surface area contributed by atoms with Gasteiger partial charge < -0.3 is 56.1 Å². The third-order valence-electron chi connectivity index (χ3n) is 0.743. The average Bonchev–Trinajstić information content (AvgIpc) is 1.69. The van der Waals surface area contributed by atoms with E-state index in [0.717, 1.165) is 0 Å². The minimum absolute atomic E-state index is 0. The fourth-order valence-electron chi connectivity index (χ4n) is 0.420. The van der Waals surface area contributed by atoms with Crippen LogP contribution in [0.2, 0.25) is 0 Å². The second-order valence-corrected chi connectivity index (χ2v) is 1.31. The molecule has 1 aromatic carbocycles. The third-order valence-corrected chi connectivity index (χ3v) is 0.743. The van der Waals surface area contributed by atoms with E-state index in [4.69, 9.17) is 0 Å². The van der Waals surface area contributed by atoms with Crippen LogP contribution in [0.5, 0.6) is 5.75 Å². The van der Waals surface area contributed by atoms with Gasteiger partial charge >= 0.3 is 21.7 Å². The maximum Gasteiger partial charge on any atom is 4.00 e. The van der Waals surface area contributed by atoms with Crippen LogP contribution in [0.3, 0.4) is 0 Å². The molecule has 0 heterocycles. The van der Waals surface area contributed by atoms with Crippen LogP contribution in [0.15, 0.2) is 30.3 Å². The maximum absolute atomic E-state index is 10.3. The van der Waals surface area contributed by atoms with E-state index in [-0.39, 0.29) is 78.4 Å². The minimum atomic E-state index is 0. The molecular formula is C6H5Br3OTi. The SMILES string of the molecule is [Br-].[Br-].[Br-].[O-]c1ccccc1.[Ti+4]. The molecule has 1 aromatic rings. The Bertz CT molecular complexity index is 148. The van der Waals surface area contributed by atoms with E-state index in [9.17, 15) is 5.11 Å². The van der Waals surface area contributed by atoms with Crippen LogP contribution in [0.25, 0.3) is 0 Å². The van der Waals surface area contributed by atoms with Crippen molar-refractivity contribution in [2.45, 2.75) is 0 Å². The molecule has 0 N–H and O–H groups in total. The number of hydrogen-bond acceptors (Lipinski definition) is 1. The summed E-state index contributed by atoms with van der Waals surface area (Å²) in [6.45, 7) is 0. The molecule has 0 radical (unpaired) electrons. The van der Waals surface area contributed by atoms with E-state index in [1.54, 1.807) is 12.1 Å². The number of halogens is 3. The Morgan fingerprint density at radius 3 is 1.36 bits per heavy atom. The smallest absolute Gasteiger partial charge is 1.00 e. The zero-order valence-corrected chi connectivity index (χ0v) is 11.7. The van der Waals surface area contributed by atoms with Gasteiger partial charge in [0.2, 0.25) is 0 Å². The second-order valence-electron chi connectivity index (χ2n) is 1.31. The molecule has 0 saturated heterocycles. The number of para-hydroxylation sites is 1. The summed E-state index contributed by atoms with van der Waals surface area (Å²) in [7, 11) is 0. The molecule has 0 aromatic heterocycles. The Morgan fingerprint density at radius 1 is 0.818 bits per heavy atom. The quantitative estimate of drug-likeness (QED) is 0.410. The molecule has 11 heavy (non-hydrogen) atoms. The van der Waals surface area contributed by atoms with Crippen LogP contribution < -0.4 is 56.1 Å². The maximum atomic E-state index is 10.3. The van der Waals surface area contributed by atoms with Crippen molar-refractivity contribution in [1.82, 2.24) is 0 Å². The predicted octanol–water partition coefficient (Wildman–Crippen LogP) is -8.23. The molecule has 1 rings (SSSR count). The Hall–Kier alpha value is 1.17. The first kappa shape index (κ1) is 22.8. The van der Waals surface area contributed by atoms with Crippen molar-refractivity contribution in [2.75, 3.05) is 0 Å². The molecule has 0 aliphatic heterocycles. The topological polar surface area (TPSA) is 23.1 Å². The Balaban J connectivity index is -0.0000000612. The molecule has 0 saturated carbocycles. The summed E-state index contributed by atoms with van der Waals surface area (Å²) in [6, 6.07) is 8.33. The molecule has 0 atom stereocenters. The van der Waals surface area contributed by atoms with Gasteiger partial charge in [0, 0.05) is 0 Å².